The molecule has 1 N–H and O–H groups in total. The van der Waals surface area contributed by atoms with Gasteiger partial charge in [0.1, 0.15) is 11.4 Å². The summed E-state index contributed by atoms with van der Waals surface area (Å²) in [5.41, 5.74) is 3.80. The van der Waals surface area contributed by atoms with Gasteiger partial charge in [0.25, 0.3) is 5.91 Å². The number of hydrogen-bond acceptors (Lipinski definition) is 5. The van der Waals surface area contributed by atoms with Crippen LogP contribution in [0.15, 0.2) is 48.5 Å². The number of nitrogens with one attached hydrogen (secondary N) is 1. The lowest BCUT2D eigenvalue weighted by molar-refractivity contribution is 0.101. The second-order valence-corrected chi connectivity index (χ2v) is 7.38. The number of carbonyl (C=O) groups excluding carboxylic acids is 1. The molecule has 2 aromatic carbocycles. The Bertz CT molecular complexity index is 921. The van der Waals surface area contributed by atoms with Gasteiger partial charge in [0, 0.05) is 11.3 Å². The van der Waals surface area contributed by atoms with E-state index in [-0.39, 0.29) is 5.91 Å². The van der Waals surface area contributed by atoms with Gasteiger partial charge >= 0.3 is 0 Å². The fraction of sp³-hybridized carbons (Fsp3) is 0.286. The van der Waals surface area contributed by atoms with Crippen LogP contribution in [-0.2, 0) is 12.3 Å². The Balaban J connectivity index is 1.92. The Morgan fingerprint density at radius 1 is 1.11 bits per heavy atom. The number of carbonyl (C=O) groups is 1. The third-order valence-electron chi connectivity index (χ3n) is 4.35. The molecular formula is C21H24N4O2S. The van der Waals surface area contributed by atoms with Crippen molar-refractivity contribution in [1.29, 1.82) is 0 Å². The first-order chi connectivity index (χ1) is 13.7. The van der Waals surface area contributed by atoms with E-state index in [1.165, 1.54) is 5.56 Å². The highest BCUT2D eigenvalue weighted by Crippen LogP contribution is 2.25. The standard InChI is InChI=1S/C21H24N4O2S/c1-4-15-6-10-17(11-7-15)22-21(26)20-19(23-24-25(20)14-28-5-2)16-8-12-18(27-3)13-9-16/h6-13H,4-5,14H2,1-3H3,(H,22,26). The van der Waals surface area contributed by atoms with Gasteiger partial charge < -0.3 is 10.1 Å². The first-order valence-corrected chi connectivity index (χ1v) is 10.4. The van der Waals surface area contributed by atoms with Crippen LogP contribution in [0.4, 0.5) is 5.69 Å². The minimum Gasteiger partial charge on any atom is -0.497 e. The lowest BCUT2D eigenvalue weighted by Crippen LogP contribution is -2.18. The molecule has 3 aromatic rings. The van der Waals surface area contributed by atoms with Crippen LogP contribution in [0.5, 0.6) is 5.75 Å². The van der Waals surface area contributed by atoms with Crippen molar-refractivity contribution in [3.8, 4) is 17.0 Å². The molecule has 28 heavy (non-hydrogen) atoms. The summed E-state index contributed by atoms with van der Waals surface area (Å²) in [6, 6.07) is 15.3. The van der Waals surface area contributed by atoms with Crippen molar-refractivity contribution in [1.82, 2.24) is 15.0 Å². The fourth-order valence-corrected chi connectivity index (χ4v) is 3.30. The second-order valence-electron chi connectivity index (χ2n) is 6.14. The quantitative estimate of drug-likeness (QED) is 0.608. The van der Waals surface area contributed by atoms with Gasteiger partial charge in [0.05, 0.1) is 13.0 Å². The molecule has 0 bridgehead atoms. The summed E-state index contributed by atoms with van der Waals surface area (Å²) < 4.78 is 6.87. The summed E-state index contributed by atoms with van der Waals surface area (Å²) in [4.78, 5) is 13.1. The van der Waals surface area contributed by atoms with Crippen molar-refractivity contribution in [2.75, 3.05) is 18.2 Å². The zero-order chi connectivity index (χ0) is 19.9. The average Bonchev–Trinajstić information content (AvgIpc) is 3.17. The molecule has 7 heteroatoms. The van der Waals surface area contributed by atoms with Crippen molar-refractivity contribution in [2.45, 2.75) is 26.1 Å². The van der Waals surface area contributed by atoms with Gasteiger partial charge in [-0.1, -0.05) is 31.2 Å². The number of nitrogens with zero attached hydrogens (tertiary/aromatic N) is 3. The van der Waals surface area contributed by atoms with Crippen LogP contribution >= 0.6 is 11.8 Å². The van der Waals surface area contributed by atoms with Crippen LogP contribution in [-0.4, -0.2) is 33.8 Å². The minimum absolute atomic E-state index is 0.225. The van der Waals surface area contributed by atoms with Gasteiger partial charge in [-0.2, -0.15) is 0 Å². The normalized spacial score (nSPS) is 10.7. The number of hydrogen-bond donors (Lipinski definition) is 1. The Hall–Kier alpha value is -2.80. The average molecular weight is 397 g/mol. The van der Waals surface area contributed by atoms with Crippen LogP contribution in [0.25, 0.3) is 11.3 Å². The molecule has 0 saturated carbocycles. The van der Waals surface area contributed by atoms with Crippen LogP contribution < -0.4 is 10.1 Å². The van der Waals surface area contributed by atoms with E-state index in [1.807, 2.05) is 48.5 Å². The summed E-state index contributed by atoms with van der Waals surface area (Å²) in [7, 11) is 1.62. The molecule has 6 nitrogen and oxygen atoms in total. The number of benzene rings is 2. The molecule has 0 spiro atoms. The monoisotopic (exact) mass is 396 g/mol. The number of anilines is 1. The van der Waals surface area contributed by atoms with Crippen molar-refractivity contribution in [3.63, 3.8) is 0 Å². The van der Waals surface area contributed by atoms with Gasteiger partial charge in [0.2, 0.25) is 0 Å². The molecule has 3 rings (SSSR count). The zero-order valence-electron chi connectivity index (χ0n) is 16.3. The van der Waals surface area contributed by atoms with Gasteiger partial charge in [-0.15, -0.1) is 16.9 Å². The second kappa shape index (κ2) is 9.41. The molecule has 0 radical (unpaired) electrons. The SMILES string of the molecule is CCSCn1nnc(-c2ccc(OC)cc2)c1C(=O)Nc1ccc(CC)cc1. The van der Waals surface area contributed by atoms with Crippen LogP contribution in [0.3, 0.4) is 0 Å². The van der Waals surface area contributed by atoms with Gasteiger partial charge in [-0.25, -0.2) is 4.68 Å². The largest absolute Gasteiger partial charge is 0.497 e. The lowest BCUT2D eigenvalue weighted by Gasteiger charge is -2.10. The van der Waals surface area contributed by atoms with E-state index in [1.54, 1.807) is 23.6 Å². The highest BCUT2D eigenvalue weighted by molar-refractivity contribution is 7.98. The number of thioether (sulfide) groups is 1. The third-order valence-corrected chi connectivity index (χ3v) is 5.19. The molecule has 0 atom stereocenters. The molecule has 1 aromatic heterocycles. The number of aryl methyl sites for hydroxylation is 1. The predicted molar refractivity (Wildman–Crippen MR) is 114 cm³/mol. The van der Waals surface area contributed by atoms with E-state index in [2.05, 4.69) is 29.5 Å². The Morgan fingerprint density at radius 3 is 2.43 bits per heavy atom. The van der Waals surface area contributed by atoms with E-state index < -0.39 is 0 Å². The Labute approximate surface area is 169 Å². The Kier molecular flexibility index (Phi) is 6.71. The summed E-state index contributed by atoms with van der Waals surface area (Å²) in [6.07, 6.45) is 0.959. The highest BCUT2D eigenvalue weighted by atomic mass is 32.2. The first kappa shape index (κ1) is 19.9. The molecule has 0 fully saturated rings. The van der Waals surface area contributed by atoms with Gasteiger partial charge in [-0.05, 0) is 54.1 Å². The van der Waals surface area contributed by atoms with Gasteiger partial charge in [-0.3, -0.25) is 4.79 Å². The number of amides is 1. The molecule has 0 aliphatic rings. The maximum atomic E-state index is 13.1. The lowest BCUT2D eigenvalue weighted by atomic mass is 10.1. The van der Waals surface area contributed by atoms with Crippen LogP contribution in [0.2, 0.25) is 0 Å². The molecule has 0 saturated heterocycles. The molecule has 1 amide bonds. The van der Waals surface area contributed by atoms with E-state index in [4.69, 9.17) is 4.74 Å². The molecule has 1 heterocycles. The molecule has 0 aliphatic heterocycles. The predicted octanol–water partition coefficient (Wildman–Crippen LogP) is 4.48. The van der Waals surface area contributed by atoms with Crippen molar-refractivity contribution in [3.05, 3.63) is 59.8 Å². The molecular weight excluding hydrogens is 372 g/mol. The van der Waals surface area contributed by atoms with Crippen LogP contribution in [0.1, 0.15) is 29.9 Å². The summed E-state index contributed by atoms with van der Waals surface area (Å²) in [5.74, 6) is 2.02. The molecule has 0 aliphatic carbocycles. The molecule has 0 unspecified atom stereocenters. The number of rotatable bonds is 8. The van der Waals surface area contributed by atoms with E-state index in [0.717, 1.165) is 29.2 Å². The topological polar surface area (TPSA) is 69.0 Å². The van der Waals surface area contributed by atoms with Gasteiger partial charge in [0.15, 0.2) is 5.69 Å². The van der Waals surface area contributed by atoms with Crippen molar-refractivity contribution in [2.24, 2.45) is 0 Å². The maximum Gasteiger partial charge on any atom is 0.276 e. The first-order valence-electron chi connectivity index (χ1n) is 9.22. The fourth-order valence-electron chi connectivity index (χ4n) is 2.76. The van der Waals surface area contributed by atoms with Crippen LogP contribution in [0, 0.1) is 0 Å². The minimum atomic E-state index is -0.225. The third kappa shape index (κ3) is 4.54. The van der Waals surface area contributed by atoms with E-state index in [9.17, 15) is 4.79 Å². The Morgan fingerprint density at radius 2 is 1.82 bits per heavy atom. The summed E-state index contributed by atoms with van der Waals surface area (Å²) in [5, 5.41) is 11.5. The maximum absolute atomic E-state index is 13.1. The molecule has 146 valence electrons. The zero-order valence-corrected chi connectivity index (χ0v) is 17.1. The smallest absolute Gasteiger partial charge is 0.276 e. The number of aromatic nitrogens is 3. The van der Waals surface area contributed by atoms with Crippen molar-refractivity contribution < 1.29 is 9.53 Å². The van der Waals surface area contributed by atoms with E-state index >= 15 is 0 Å². The summed E-state index contributed by atoms with van der Waals surface area (Å²) >= 11 is 1.68. The number of ether oxygens (including phenoxy) is 1. The highest BCUT2D eigenvalue weighted by Gasteiger charge is 2.22. The summed E-state index contributed by atoms with van der Waals surface area (Å²) in [6.45, 7) is 4.17. The number of methoxy groups -OCH3 is 1. The van der Waals surface area contributed by atoms with Crippen molar-refractivity contribution >= 4 is 23.4 Å². The van der Waals surface area contributed by atoms with E-state index in [0.29, 0.717) is 17.3 Å².